The maximum absolute atomic E-state index is 11.3. The quantitative estimate of drug-likeness (QED) is 0.776. The van der Waals surface area contributed by atoms with Crippen molar-refractivity contribution in [3.63, 3.8) is 0 Å². The van der Waals surface area contributed by atoms with Crippen LogP contribution in [0.1, 0.15) is 11.1 Å². The van der Waals surface area contributed by atoms with Gasteiger partial charge in [-0.3, -0.25) is 9.80 Å². The van der Waals surface area contributed by atoms with Crippen LogP contribution in [0.4, 0.5) is 0 Å². The van der Waals surface area contributed by atoms with Crippen molar-refractivity contribution in [1.82, 2.24) is 19.6 Å². The fourth-order valence-electron chi connectivity index (χ4n) is 3.13. The van der Waals surface area contributed by atoms with Gasteiger partial charge in [-0.1, -0.05) is 6.07 Å². The molecule has 136 valence electrons. The first-order valence-electron chi connectivity index (χ1n) is 8.63. The molecule has 6 nitrogen and oxygen atoms in total. The molecule has 0 unspecified atom stereocenters. The largest absolute Gasteiger partial charge is 0.300 e. The van der Waals surface area contributed by atoms with Crippen LogP contribution in [0.2, 0.25) is 0 Å². The molecule has 0 amide bonds. The van der Waals surface area contributed by atoms with Crippen molar-refractivity contribution in [2.45, 2.75) is 13.5 Å². The molecule has 1 fully saturated rings. The summed E-state index contributed by atoms with van der Waals surface area (Å²) in [6.45, 7) is 7.54. The van der Waals surface area contributed by atoms with Gasteiger partial charge in [-0.2, -0.15) is 5.10 Å². The summed E-state index contributed by atoms with van der Waals surface area (Å²) in [5.41, 5.74) is 3.69. The zero-order chi connectivity index (χ0) is 17.9. The predicted octanol–water partition coefficient (Wildman–Crippen LogP) is 1.34. The maximum Gasteiger partial charge on any atom is 0.148 e. The van der Waals surface area contributed by atoms with E-state index in [2.05, 4.69) is 40.0 Å². The minimum atomic E-state index is -2.88. The van der Waals surface area contributed by atoms with Crippen LogP contribution in [0.25, 0.3) is 5.69 Å². The highest BCUT2D eigenvalue weighted by Gasteiger charge is 2.18. The van der Waals surface area contributed by atoms with Crippen LogP contribution in [0.5, 0.6) is 0 Å². The summed E-state index contributed by atoms with van der Waals surface area (Å²) in [6.07, 6.45) is 5.04. The third-order valence-corrected chi connectivity index (χ3v) is 5.66. The zero-order valence-corrected chi connectivity index (χ0v) is 15.7. The Bertz CT molecular complexity index is 794. The third-order valence-electron chi connectivity index (χ3n) is 4.73. The number of aryl methyl sites for hydroxylation is 1. The Kier molecular flexibility index (Phi) is 5.56. The molecule has 1 aromatic carbocycles. The van der Waals surface area contributed by atoms with Crippen LogP contribution in [0.15, 0.2) is 36.7 Å². The van der Waals surface area contributed by atoms with Crippen LogP contribution in [0.3, 0.4) is 0 Å². The van der Waals surface area contributed by atoms with Gasteiger partial charge in [0, 0.05) is 57.9 Å². The van der Waals surface area contributed by atoms with Gasteiger partial charge < -0.3 is 0 Å². The molecule has 1 aromatic heterocycles. The van der Waals surface area contributed by atoms with Gasteiger partial charge in [0.05, 0.1) is 11.4 Å². The molecule has 0 spiro atoms. The predicted molar refractivity (Wildman–Crippen MR) is 99.7 cm³/mol. The normalized spacial score (nSPS) is 17.0. The van der Waals surface area contributed by atoms with Crippen molar-refractivity contribution in [2.75, 3.05) is 44.7 Å². The lowest BCUT2D eigenvalue weighted by atomic mass is 10.1. The number of hydrogen-bond donors (Lipinski definition) is 0. The molecule has 0 aliphatic carbocycles. The van der Waals surface area contributed by atoms with Gasteiger partial charge in [-0.25, -0.2) is 13.1 Å². The van der Waals surface area contributed by atoms with Crippen molar-refractivity contribution in [2.24, 2.45) is 0 Å². The van der Waals surface area contributed by atoms with Gasteiger partial charge in [-0.05, 0) is 36.2 Å². The highest BCUT2D eigenvalue weighted by molar-refractivity contribution is 7.90. The first kappa shape index (κ1) is 18.1. The van der Waals surface area contributed by atoms with Crippen LogP contribution in [0, 0.1) is 6.92 Å². The Labute approximate surface area is 150 Å². The lowest BCUT2D eigenvalue weighted by Crippen LogP contribution is -2.47. The Hall–Kier alpha value is -1.70. The van der Waals surface area contributed by atoms with Gasteiger partial charge in [-0.15, -0.1) is 0 Å². The zero-order valence-electron chi connectivity index (χ0n) is 14.9. The Morgan fingerprint density at radius 3 is 2.44 bits per heavy atom. The Morgan fingerprint density at radius 1 is 1.12 bits per heavy atom. The highest BCUT2D eigenvalue weighted by atomic mass is 32.2. The molecule has 7 heteroatoms. The molecule has 1 saturated heterocycles. The summed E-state index contributed by atoms with van der Waals surface area (Å²) in [4.78, 5) is 4.68. The van der Waals surface area contributed by atoms with E-state index < -0.39 is 9.84 Å². The molecular weight excluding hydrogens is 336 g/mol. The van der Waals surface area contributed by atoms with E-state index in [-0.39, 0.29) is 5.75 Å². The number of aromatic nitrogens is 2. The lowest BCUT2D eigenvalue weighted by Gasteiger charge is -2.34. The second kappa shape index (κ2) is 7.68. The molecule has 0 bridgehead atoms. The number of hydrogen-bond acceptors (Lipinski definition) is 5. The number of rotatable bonds is 6. The van der Waals surface area contributed by atoms with Gasteiger partial charge in [0.1, 0.15) is 9.84 Å². The molecule has 2 heterocycles. The minimum Gasteiger partial charge on any atom is -0.300 e. The minimum absolute atomic E-state index is 0.251. The summed E-state index contributed by atoms with van der Waals surface area (Å²) in [5.74, 6) is 0.251. The van der Waals surface area contributed by atoms with Crippen LogP contribution in [-0.4, -0.2) is 72.7 Å². The standard InChI is InChI=1S/C18H26N4O2S/c1-16-14-18(22-7-3-6-19-22)5-4-17(16)15-21-10-8-20(9-11-21)12-13-25(2,23)24/h3-7,14H,8-13,15H2,1-2H3. The molecule has 1 aliphatic heterocycles. The summed E-state index contributed by atoms with van der Waals surface area (Å²) in [6, 6.07) is 8.39. The van der Waals surface area contributed by atoms with Crippen molar-refractivity contribution in [3.05, 3.63) is 47.8 Å². The highest BCUT2D eigenvalue weighted by Crippen LogP contribution is 2.17. The van der Waals surface area contributed by atoms with Gasteiger partial charge in [0.2, 0.25) is 0 Å². The van der Waals surface area contributed by atoms with E-state index in [1.165, 1.54) is 17.4 Å². The van der Waals surface area contributed by atoms with Crippen molar-refractivity contribution in [1.29, 1.82) is 0 Å². The van der Waals surface area contributed by atoms with E-state index in [1.807, 2.05) is 16.9 Å². The summed E-state index contributed by atoms with van der Waals surface area (Å²) in [5, 5.41) is 4.27. The Morgan fingerprint density at radius 2 is 1.84 bits per heavy atom. The van der Waals surface area contributed by atoms with Crippen molar-refractivity contribution < 1.29 is 8.42 Å². The molecule has 2 aromatic rings. The molecule has 1 aliphatic rings. The molecule has 0 N–H and O–H groups in total. The molecular formula is C18H26N4O2S. The molecule has 25 heavy (non-hydrogen) atoms. The van der Waals surface area contributed by atoms with E-state index in [1.54, 1.807) is 6.20 Å². The SMILES string of the molecule is Cc1cc(-n2cccn2)ccc1CN1CCN(CCS(C)(=O)=O)CC1. The van der Waals surface area contributed by atoms with Crippen LogP contribution < -0.4 is 0 Å². The second-order valence-corrected chi connectivity index (χ2v) is 9.07. The van der Waals surface area contributed by atoms with Gasteiger partial charge in [0.25, 0.3) is 0 Å². The fourth-order valence-corrected chi connectivity index (χ4v) is 3.72. The summed E-state index contributed by atoms with van der Waals surface area (Å²) in [7, 11) is -2.88. The number of piperazine rings is 1. The Balaban J connectivity index is 1.54. The molecule has 0 saturated carbocycles. The fraction of sp³-hybridized carbons (Fsp3) is 0.500. The van der Waals surface area contributed by atoms with Crippen molar-refractivity contribution in [3.8, 4) is 5.69 Å². The monoisotopic (exact) mass is 362 g/mol. The van der Waals surface area contributed by atoms with Gasteiger partial charge in [0.15, 0.2) is 0 Å². The molecule has 3 rings (SSSR count). The number of benzene rings is 1. The van der Waals surface area contributed by atoms with E-state index >= 15 is 0 Å². The average Bonchev–Trinajstić information content (AvgIpc) is 3.10. The summed E-state index contributed by atoms with van der Waals surface area (Å²) >= 11 is 0. The van der Waals surface area contributed by atoms with Crippen LogP contribution >= 0.6 is 0 Å². The third kappa shape index (κ3) is 5.14. The first-order valence-corrected chi connectivity index (χ1v) is 10.7. The molecule has 0 radical (unpaired) electrons. The smallest absolute Gasteiger partial charge is 0.148 e. The van der Waals surface area contributed by atoms with E-state index in [0.717, 1.165) is 38.4 Å². The number of nitrogens with zero attached hydrogens (tertiary/aromatic N) is 4. The van der Waals surface area contributed by atoms with E-state index in [0.29, 0.717) is 6.54 Å². The van der Waals surface area contributed by atoms with E-state index in [4.69, 9.17) is 0 Å². The van der Waals surface area contributed by atoms with Crippen LogP contribution in [-0.2, 0) is 16.4 Å². The van der Waals surface area contributed by atoms with Gasteiger partial charge >= 0.3 is 0 Å². The topological polar surface area (TPSA) is 58.4 Å². The number of sulfone groups is 1. The average molecular weight is 362 g/mol. The lowest BCUT2D eigenvalue weighted by molar-refractivity contribution is 0.132. The summed E-state index contributed by atoms with van der Waals surface area (Å²) < 4.78 is 24.4. The van der Waals surface area contributed by atoms with E-state index in [9.17, 15) is 8.42 Å². The van der Waals surface area contributed by atoms with Crippen molar-refractivity contribution >= 4 is 9.84 Å². The maximum atomic E-state index is 11.3. The first-order chi connectivity index (χ1) is 11.9. The molecule has 0 atom stereocenters. The second-order valence-electron chi connectivity index (χ2n) is 6.81.